The van der Waals surface area contributed by atoms with Gasteiger partial charge in [0.1, 0.15) is 5.75 Å². The van der Waals surface area contributed by atoms with Crippen LogP contribution >= 0.6 is 45.8 Å². The van der Waals surface area contributed by atoms with Gasteiger partial charge in [-0.15, -0.1) is 0 Å². The van der Waals surface area contributed by atoms with E-state index in [2.05, 4.69) is 10.6 Å². The van der Waals surface area contributed by atoms with Gasteiger partial charge in [-0.3, -0.25) is 9.59 Å². The van der Waals surface area contributed by atoms with E-state index in [1.807, 2.05) is 22.6 Å². The normalized spacial score (nSPS) is 10.3. The number of carbonyl (C=O) groups is 3. The van der Waals surface area contributed by atoms with Crippen LogP contribution in [0, 0.1) is 3.57 Å². The second kappa shape index (κ2) is 10.7. The number of carboxylic acids is 1. The average Bonchev–Trinajstić information content (AvgIpc) is 2.76. The number of hydrogen-bond donors (Lipinski definition) is 3. The van der Waals surface area contributed by atoms with Gasteiger partial charge in [-0.05, 0) is 83.3 Å². The first-order valence-electron chi connectivity index (χ1n) is 9.05. The van der Waals surface area contributed by atoms with Gasteiger partial charge in [0.2, 0.25) is 0 Å². The topological polar surface area (TPSA) is 105 Å². The molecule has 32 heavy (non-hydrogen) atoms. The minimum Gasteiger partial charge on any atom is -0.484 e. The lowest BCUT2D eigenvalue weighted by Crippen LogP contribution is -2.21. The van der Waals surface area contributed by atoms with E-state index in [1.165, 1.54) is 30.3 Å². The molecule has 0 aliphatic heterocycles. The summed E-state index contributed by atoms with van der Waals surface area (Å²) < 4.78 is 6.11. The van der Waals surface area contributed by atoms with E-state index >= 15 is 0 Å². The molecule has 3 rings (SSSR count). The maximum absolute atomic E-state index is 12.7. The minimum atomic E-state index is -1.16. The Morgan fingerprint density at radius 2 is 1.62 bits per heavy atom. The summed E-state index contributed by atoms with van der Waals surface area (Å²) in [6, 6.07) is 15.5. The fourth-order valence-electron chi connectivity index (χ4n) is 2.63. The molecule has 0 spiro atoms. The Morgan fingerprint density at radius 1 is 0.906 bits per heavy atom. The highest BCUT2D eigenvalue weighted by Gasteiger charge is 2.16. The Labute approximate surface area is 206 Å². The fraction of sp³-hybridized carbons (Fsp3) is 0.0455. The molecular formula is C22H15Cl2IN2O5. The molecule has 164 valence electrons. The number of carbonyl (C=O) groups excluding carboxylic acids is 2. The van der Waals surface area contributed by atoms with Crippen molar-refractivity contribution >= 4 is 75.0 Å². The van der Waals surface area contributed by atoms with E-state index in [9.17, 15) is 19.5 Å². The lowest BCUT2D eigenvalue weighted by atomic mass is 10.1. The van der Waals surface area contributed by atoms with Crippen LogP contribution in [0.15, 0.2) is 60.7 Å². The highest BCUT2D eigenvalue weighted by atomic mass is 127. The number of aromatic carboxylic acids is 1. The maximum Gasteiger partial charge on any atom is 0.337 e. The largest absolute Gasteiger partial charge is 0.484 e. The molecule has 7 nitrogen and oxygen atoms in total. The second-order valence-corrected chi connectivity index (χ2v) is 8.52. The van der Waals surface area contributed by atoms with Crippen LogP contribution in [0.25, 0.3) is 0 Å². The van der Waals surface area contributed by atoms with Crippen LogP contribution in [0.2, 0.25) is 10.0 Å². The van der Waals surface area contributed by atoms with Crippen molar-refractivity contribution in [1.82, 2.24) is 0 Å². The number of nitrogens with one attached hydrogen (secondary N) is 2. The molecule has 0 heterocycles. The Morgan fingerprint density at radius 3 is 2.31 bits per heavy atom. The van der Waals surface area contributed by atoms with E-state index < -0.39 is 17.8 Å². The van der Waals surface area contributed by atoms with Crippen molar-refractivity contribution in [1.29, 1.82) is 0 Å². The van der Waals surface area contributed by atoms with Crippen molar-refractivity contribution in [2.45, 2.75) is 0 Å². The number of hydrogen-bond acceptors (Lipinski definition) is 4. The van der Waals surface area contributed by atoms with Crippen LogP contribution in [0.3, 0.4) is 0 Å². The Hall–Kier alpha value is -2.82. The van der Waals surface area contributed by atoms with E-state index in [-0.39, 0.29) is 34.1 Å². The molecule has 3 aromatic carbocycles. The van der Waals surface area contributed by atoms with Crippen LogP contribution in [-0.4, -0.2) is 29.5 Å². The summed E-state index contributed by atoms with van der Waals surface area (Å²) in [5.41, 5.74) is 0.509. The van der Waals surface area contributed by atoms with Gasteiger partial charge in [0, 0.05) is 14.2 Å². The van der Waals surface area contributed by atoms with Gasteiger partial charge >= 0.3 is 5.97 Å². The van der Waals surface area contributed by atoms with Crippen molar-refractivity contribution in [2.75, 3.05) is 17.2 Å². The highest BCUT2D eigenvalue weighted by molar-refractivity contribution is 14.1. The molecule has 10 heteroatoms. The molecule has 0 unspecified atom stereocenters. The summed E-state index contributed by atoms with van der Waals surface area (Å²) in [6.07, 6.45) is 0. The van der Waals surface area contributed by atoms with Crippen LogP contribution in [-0.2, 0) is 4.79 Å². The standard InChI is InChI=1S/C22H15Cl2IN2O5/c23-13-2-5-15(6-3-13)32-11-20(28)26-19-9-12(1-7-17(19)24)21(29)27-18-8-4-14(25)10-16(18)22(30)31/h1-10H,11H2,(H,26,28)(H,27,29)(H,30,31). The number of carboxylic acid groups (broad SMARTS) is 1. The predicted molar refractivity (Wildman–Crippen MR) is 131 cm³/mol. The molecule has 0 aliphatic rings. The summed E-state index contributed by atoms with van der Waals surface area (Å²) in [7, 11) is 0. The molecule has 0 saturated carbocycles. The molecule has 0 atom stereocenters. The summed E-state index contributed by atoms with van der Waals surface area (Å²) in [5, 5.41) is 15.3. The van der Waals surface area contributed by atoms with Crippen LogP contribution in [0.1, 0.15) is 20.7 Å². The van der Waals surface area contributed by atoms with Crippen molar-refractivity contribution in [3.05, 3.63) is 85.4 Å². The average molecular weight is 585 g/mol. The van der Waals surface area contributed by atoms with E-state index in [1.54, 1.807) is 30.3 Å². The summed E-state index contributed by atoms with van der Waals surface area (Å²) >= 11 is 13.9. The van der Waals surface area contributed by atoms with Gasteiger partial charge in [0.25, 0.3) is 11.8 Å². The SMILES string of the molecule is O=C(COc1ccc(Cl)cc1)Nc1cc(C(=O)Nc2ccc(I)cc2C(=O)O)ccc1Cl. The third kappa shape index (κ3) is 6.35. The second-order valence-electron chi connectivity index (χ2n) is 6.43. The highest BCUT2D eigenvalue weighted by Crippen LogP contribution is 2.25. The smallest absolute Gasteiger partial charge is 0.337 e. The molecule has 0 aliphatic carbocycles. The van der Waals surface area contributed by atoms with Gasteiger partial charge in [-0.25, -0.2) is 4.79 Å². The Bertz CT molecular complexity index is 1190. The maximum atomic E-state index is 12.7. The van der Waals surface area contributed by atoms with Crippen LogP contribution in [0.4, 0.5) is 11.4 Å². The zero-order valence-corrected chi connectivity index (χ0v) is 19.9. The fourth-order valence-corrected chi connectivity index (χ4v) is 3.41. The van der Waals surface area contributed by atoms with E-state index in [4.69, 9.17) is 27.9 Å². The lowest BCUT2D eigenvalue weighted by molar-refractivity contribution is -0.118. The summed E-state index contributed by atoms with van der Waals surface area (Å²) in [4.78, 5) is 36.4. The molecule has 3 aromatic rings. The number of ether oxygens (including phenoxy) is 1. The van der Waals surface area contributed by atoms with E-state index in [0.29, 0.717) is 10.8 Å². The first-order chi connectivity index (χ1) is 15.2. The Kier molecular flexibility index (Phi) is 7.94. The summed E-state index contributed by atoms with van der Waals surface area (Å²) in [6.45, 7) is -0.279. The van der Waals surface area contributed by atoms with Gasteiger partial charge in [-0.2, -0.15) is 0 Å². The molecule has 2 amide bonds. The Balaban J connectivity index is 1.69. The molecule has 3 N–H and O–H groups in total. The third-order valence-electron chi connectivity index (χ3n) is 4.15. The van der Waals surface area contributed by atoms with Gasteiger partial charge in [0.15, 0.2) is 6.61 Å². The van der Waals surface area contributed by atoms with Gasteiger partial charge in [0.05, 0.1) is 22.0 Å². The zero-order chi connectivity index (χ0) is 23.3. The van der Waals surface area contributed by atoms with Crippen LogP contribution < -0.4 is 15.4 Å². The van der Waals surface area contributed by atoms with Crippen LogP contribution in [0.5, 0.6) is 5.75 Å². The number of rotatable bonds is 7. The number of benzene rings is 3. The van der Waals surface area contributed by atoms with Crippen molar-refractivity contribution < 1.29 is 24.2 Å². The quantitative estimate of drug-likeness (QED) is 0.315. The van der Waals surface area contributed by atoms with E-state index in [0.717, 1.165) is 3.57 Å². The minimum absolute atomic E-state index is 0.0351. The molecule has 0 fully saturated rings. The van der Waals surface area contributed by atoms with Crippen molar-refractivity contribution in [3.8, 4) is 5.75 Å². The summed E-state index contributed by atoms with van der Waals surface area (Å²) in [5.74, 6) is -1.73. The molecular weight excluding hydrogens is 570 g/mol. The first-order valence-corrected chi connectivity index (χ1v) is 10.9. The number of amides is 2. The lowest BCUT2D eigenvalue weighted by Gasteiger charge is -2.12. The predicted octanol–water partition coefficient (Wildman–Crippen LogP) is 5.57. The monoisotopic (exact) mass is 584 g/mol. The first kappa shape index (κ1) is 23.8. The number of anilines is 2. The number of halogens is 3. The third-order valence-corrected chi connectivity index (χ3v) is 5.40. The van der Waals surface area contributed by atoms with Gasteiger partial charge in [-0.1, -0.05) is 23.2 Å². The van der Waals surface area contributed by atoms with Gasteiger partial charge < -0.3 is 20.5 Å². The molecule has 0 saturated heterocycles. The zero-order valence-electron chi connectivity index (χ0n) is 16.2. The van der Waals surface area contributed by atoms with Crippen molar-refractivity contribution in [3.63, 3.8) is 0 Å². The molecule has 0 bridgehead atoms. The molecule has 0 aromatic heterocycles. The molecule has 0 radical (unpaired) electrons. The van der Waals surface area contributed by atoms with Crippen molar-refractivity contribution in [2.24, 2.45) is 0 Å².